The molecule has 7 nitrogen and oxygen atoms in total. The van der Waals surface area contributed by atoms with Crippen LogP contribution < -0.4 is 10.6 Å². The average Bonchev–Trinajstić information content (AvgIpc) is 3.61. The molecule has 2 saturated heterocycles. The Kier molecular flexibility index (Phi) is 7.03. The van der Waals surface area contributed by atoms with Gasteiger partial charge in [-0.15, -0.1) is 0 Å². The summed E-state index contributed by atoms with van der Waals surface area (Å²) in [6.07, 6.45) is 8.44. The van der Waals surface area contributed by atoms with Crippen LogP contribution in [-0.4, -0.2) is 46.4 Å². The summed E-state index contributed by atoms with van der Waals surface area (Å²) in [6.45, 7) is 6.20. The highest BCUT2D eigenvalue weighted by atomic mass is 16.5. The number of rotatable bonds is 7. The van der Waals surface area contributed by atoms with Crippen LogP contribution in [0.5, 0.6) is 0 Å². The van der Waals surface area contributed by atoms with Crippen molar-refractivity contribution in [1.82, 2.24) is 10.2 Å². The van der Waals surface area contributed by atoms with Gasteiger partial charge in [-0.2, -0.15) is 0 Å². The van der Waals surface area contributed by atoms with Crippen LogP contribution in [-0.2, 0) is 19.1 Å². The number of hydrogen-bond donors (Lipinski definition) is 2. The van der Waals surface area contributed by atoms with Crippen molar-refractivity contribution < 1.29 is 19.1 Å². The molecule has 0 radical (unpaired) electrons. The zero-order valence-corrected chi connectivity index (χ0v) is 23.5. The molecule has 0 aromatic heterocycles. The zero-order chi connectivity index (χ0) is 28.0. The third kappa shape index (κ3) is 4.44. The molecule has 1 saturated carbocycles. The van der Waals surface area contributed by atoms with E-state index in [1.54, 1.807) is 4.90 Å². The minimum Gasteiger partial charge on any atom is -0.359 e. The third-order valence-electron chi connectivity index (χ3n) is 9.36. The fourth-order valence-corrected chi connectivity index (χ4v) is 7.22. The smallest absolute Gasteiger partial charge is 0.246 e. The van der Waals surface area contributed by atoms with E-state index in [2.05, 4.69) is 24.5 Å². The summed E-state index contributed by atoms with van der Waals surface area (Å²) < 4.78 is 6.52. The molecule has 3 fully saturated rings. The SMILES string of the molecule is CC(C)c1ccc(NC(=O)[C@H]2[C@H]3C=C[C@@]4(O3)[C@H]2C(=O)N([C@H](C)c2ccccc2)[C@@H]4C(=O)NC2CCCCC2)cc1. The molecule has 1 aliphatic carbocycles. The van der Waals surface area contributed by atoms with E-state index in [4.69, 9.17) is 4.74 Å². The monoisotopic (exact) mass is 541 g/mol. The highest BCUT2D eigenvalue weighted by Gasteiger charge is 2.73. The molecule has 6 rings (SSSR count). The topological polar surface area (TPSA) is 87.7 Å². The van der Waals surface area contributed by atoms with Gasteiger partial charge in [0.15, 0.2) is 0 Å². The maximum Gasteiger partial charge on any atom is 0.246 e. The average molecular weight is 542 g/mol. The van der Waals surface area contributed by atoms with E-state index in [0.717, 1.165) is 31.2 Å². The normalized spacial score (nSPS) is 30.0. The summed E-state index contributed by atoms with van der Waals surface area (Å²) in [5.41, 5.74) is 1.63. The van der Waals surface area contributed by atoms with Gasteiger partial charge < -0.3 is 20.3 Å². The number of nitrogens with zero attached hydrogens (tertiary/aromatic N) is 1. The molecular weight excluding hydrogens is 502 g/mol. The summed E-state index contributed by atoms with van der Waals surface area (Å²) in [7, 11) is 0. The number of carbonyl (C=O) groups excluding carboxylic acids is 3. The summed E-state index contributed by atoms with van der Waals surface area (Å²) >= 11 is 0. The van der Waals surface area contributed by atoms with E-state index in [1.165, 1.54) is 12.0 Å². The van der Waals surface area contributed by atoms with Crippen molar-refractivity contribution in [3.8, 4) is 0 Å². The lowest BCUT2D eigenvalue weighted by Crippen LogP contribution is -2.56. The molecule has 1 spiro atoms. The number of likely N-dealkylation sites (tertiary alicyclic amines) is 1. The summed E-state index contributed by atoms with van der Waals surface area (Å²) in [4.78, 5) is 43.8. The van der Waals surface area contributed by atoms with Crippen LogP contribution in [0.1, 0.15) is 76.0 Å². The maximum absolute atomic E-state index is 14.3. The lowest BCUT2D eigenvalue weighted by atomic mass is 9.74. The molecule has 2 aromatic rings. The Morgan fingerprint density at radius 1 is 0.925 bits per heavy atom. The Morgan fingerprint density at radius 2 is 1.62 bits per heavy atom. The molecule has 4 aliphatic rings. The number of anilines is 1. The van der Waals surface area contributed by atoms with E-state index < -0.39 is 29.6 Å². The van der Waals surface area contributed by atoms with Crippen molar-refractivity contribution in [1.29, 1.82) is 0 Å². The van der Waals surface area contributed by atoms with E-state index in [-0.39, 0.29) is 29.8 Å². The standard InChI is InChI=1S/C33H39N3O4/c1-20(2)22-14-16-25(17-15-22)34-30(37)27-26-18-19-33(40-26)28(27)32(39)36(21(3)23-10-6-4-7-11-23)29(33)31(38)35-24-12-8-5-9-13-24/h4,6-7,10-11,14-21,24,26-29H,5,8-9,12-13H2,1-3H3,(H,34,37)(H,35,38)/t21-,26-,27+,28-,29-,33-/m1/s1. The number of fused-ring (bicyclic) bond motifs is 1. The Morgan fingerprint density at radius 3 is 2.30 bits per heavy atom. The second kappa shape index (κ2) is 10.5. The second-order valence-corrected chi connectivity index (χ2v) is 12.1. The Balaban J connectivity index is 1.32. The maximum atomic E-state index is 14.3. The first-order valence-electron chi connectivity index (χ1n) is 14.8. The fourth-order valence-electron chi connectivity index (χ4n) is 7.22. The quantitative estimate of drug-likeness (QED) is 0.477. The minimum absolute atomic E-state index is 0.0937. The molecule has 2 N–H and O–H groups in total. The third-order valence-corrected chi connectivity index (χ3v) is 9.36. The van der Waals surface area contributed by atoms with Crippen molar-refractivity contribution in [3.63, 3.8) is 0 Å². The van der Waals surface area contributed by atoms with Gasteiger partial charge in [-0.1, -0.05) is 87.7 Å². The first-order valence-corrected chi connectivity index (χ1v) is 14.8. The van der Waals surface area contributed by atoms with E-state index in [0.29, 0.717) is 11.6 Å². The Bertz CT molecular complexity index is 1300. The van der Waals surface area contributed by atoms with Gasteiger partial charge in [0, 0.05) is 11.7 Å². The molecule has 40 heavy (non-hydrogen) atoms. The Hall–Kier alpha value is -3.45. The van der Waals surface area contributed by atoms with Gasteiger partial charge in [-0.3, -0.25) is 14.4 Å². The zero-order valence-electron chi connectivity index (χ0n) is 23.5. The van der Waals surface area contributed by atoms with Crippen LogP contribution in [0.25, 0.3) is 0 Å². The number of amides is 3. The van der Waals surface area contributed by atoms with Crippen LogP contribution in [0.4, 0.5) is 5.69 Å². The van der Waals surface area contributed by atoms with Gasteiger partial charge in [0.2, 0.25) is 17.7 Å². The van der Waals surface area contributed by atoms with Crippen LogP contribution in [0, 0.1) is 11.8 Å². The van der Waals surface area contributed by atoms with Crippen LogP contribution in [0.2, 0.25) is 0 Å². The summed E-state index contributed by atoms with van der Waals surface area (Å²) in [6, 6.07) is 16.4. The minimum atomic E-state index is -1.17. The van der Waals surface area contributed by atoms with Gasteiger partial charge in [-0.25, -0.2) is 0 Å². The Labute approximate surface area is 236 Å². The van der Waals surface area contributed by atoms with E-state index in [1.807, 2.05) is 73.7 Å². The number of nitrogens with one attached hydrogen (secondary N) is 2. The predicted molar refractivity (Wildman–Crippen MR) is 153 cm³/mol. The largest absolute Gasteiger partial charge is 0.359 e. The number of carbonyl (C=O) groups is 3. The predicted octanol–water partition coefficient (Wildman–Crippen LogP) is 5.11. The van der Waals surface area contributed by atoms with Crippen molar-refractivity contribution in [3.05, 3.63) is 77.9 Å². The highest BCUT2D eigenvalue weighted by Crippen LogP contribution is 2.56. The summed E-state index contributed by atoms with van der Waals surface area (Å²) in [5, 5.41) is 6.28. The molecule has 2 aromatic carbocycles. The van der Waals surface area contributed by atoms with E-state index in [9.17, 15) is 14.4 Å². The van der Waals surface area contributed by atoms with Crippen molar-refractivity contribution in [2.24, 2.45) is 11.8 Å². The van der Waals surface area contributed by atoms with Crippen LogP contribution in [0.3, 0.4) is 0 Å². The van der Waals surface area contributed by atoms with Gasteiger partial charge >= 0.3 is 0 Å². The lowest BCUT2D eigenvalue weighted by molar-refractivity contribution is -0.143. The molecule has 2 bridgehead atoms. The molecule has 6 atom stereocenters. The van der Waals surface area contributed by atoms with Crippen LogP contribution >= 0.6 is 0 Å². The molecule has 3 aliphatic heterocycles. The number of ether oxygens (including phenoxy) is 1. The number of hydrogen-bond acceptors (Lipinski definition) is 4. The summed E-state index contributed by atoms with van der Waals surface area (Å²) in [5.74, 6) is -1.76. The fraction of sp³-hybridized carbons (Fsp3) is 0.485. The molecule has 210 valence electrons. The van der Waals surface area contributed by atoms with Gasteiger partial charge in [0.05, 0.1) is 24.0 Å². The molecule has 3 amide bonds. The second-order valence-electron chi connectivity index (χ2n) is 12.1. The first-order chi connectivity index (χ1) is 19.3. The number of benzene rings is 2. The molecular formula is C33H39N3O4. The first kappa shape index (κ1) is 26.8. The van der Waals surface area contributed by atoms with Crippen molar-refractivity contribution >= 4 is 23.4 Å². The van der Waals surface area contributed by atoms with Gasteiger partial charge in [0.25, 0.3) is 0 Å². The van der Waals surface area contributed by atoms with Crippen molar-refractivity contribution in [2.75, 3.05) is 5.32 Å². The highest BCUT2D eigenvalue weighted by molar-refractivity contribution is 6.03. The van der Waals surface area contributed by atoms with Gasteiger partial charge in [0.1, 0.15) is 11.6 Å². The molecule has 7 heteroatoms. The lowest BCUT2D eigenvalue weighted by Gasteiger charge is -2.37. The van der Waals surface area contributed by atoms with Crippen molar-refractivity contribution in [2.45, 2.75) is 88.6 Å². The van der Waals surface area contributed by atoms with Crippen LogP contribution in [0.15, 0.2) is 66.7 Å². The molecule has 0 unspecified atom stereocenters. The van der Waals surface area contributed by atoms with E-state index >= 15 is 0 Å². The molecule has 3 heterocycles. The van der Waals surface area contributed by atoms with Gasteiger partial charge in [-0.05, 0) is 48.9 Å².